The van der Waals surface area contributed by atoms with E-state index in [4.69, 9.17) is 10.6 Å². The van der Waals surface area contributed by atoms with Gasteiger partial charge in [0.15, 0.2) is 11.6 Å². The highest BCUT2D eigenvalue weighted by Gasteiger charge is 2.18. The van der Waals surface area contributed by atoms with Crippen molar-refractivity contribution < 1.29 is 9.13 Å². The molecule has 0 amide bonds. The van der Waals surface area contributed by atoms with Crippen molar-refractivity contribution in [3.8, 4) is 5.75 Å². The van der Waals surface area contributed by atoms with Gasteiger partial charge in [-0.05, 0) is 24.1 Å². The third-order valence-electron chi connectivity index (χ3n) is 3.17. The molecule has 0 aliphatic heterocycles. The van der Waals surface area contributed by atoms with Gasteiger partial charge in [-0.2, -0.15) is 0 Å². The van der Waals surface area contributed by atoms with Gasteiger partial charge in [0.25, 0.3) is 0 Å². The normalized spacial score (nSPS) is 12.2. The van der Waals surface area contributed by atoms with Crippen molar-refractivity contribution in [2.75, 3.05) is 7.11 Å². The lowest BCUT2D eigenvalue weighted by Crippen LogP contribution is -2.30. The minimum atomic E-state index is -0.384. The molecule has 2 aromatic carbocycles. The van der Waals surface area contributed by atoms with Gasteiger partial charge in [0.1, 0.15) is 0 Å². The van der Waals surface area contributed by atoms with E-state index < -0.39 is 0 Å². The zero-order valence-electron chi connectivity index (χ0n) is 11.1. The number of methoxy groups -OCH3 is 1. The van der Waals surface area contributed by atoms with Gasteiger partial charge in [-0.15, -0.1) is 0 Å². The first kappa shape index (κ1) is 15.0. The fourth-order valence-electron chi connectivity index (χ4n) is 2.10. The molecule has 0 saturated carbocycles. The van der Waals surface area contributed by atoms with Crippen molar-refractivity contribution in [1.82, 2.24) is 5.43 Å². The fraction of sp³-hybridized carbons (Fsp3) is 0.200. The van der Waals surface area contributed by atoms with Crippen LogP contribution in [0.2, 0.25) is 0 Å². The number of nitrogens with two attached hydrogens (primary N) is 1. The maximum atomic E-state index is 14.3. The average molecular weight is 339 g/mol. The van der Waals surface area contributed by atoms with E-state index in [-0.39, 0.29) is 17.6 Å². The quantitative estimate of drug-likeness (QED) is 0.649. The van der Waals surface area contributed by atoms with Crippen LogP contribution in [0.1, 0.15) is 17.2 Å². The Balaban J connectivity index is 2.32. The highest BCUT2D eigenvalue weighted by molar-refractivity contribution is 9.10. The number of rotatable bonds is 5. The SMILES string of the molecule is COc1cccc(C(Cc2ccccc2Br)NN)c1F. The summed E-state index contributed by atoms with van der Waals surface area (Å²) < 4.78 is 20.3. The molecule has 0 radical (unpaired) electrons. The molecule has 0 aliphatic rings. The van der Waals surface area contributed by atoms with Crippen LogP contribution in [0.4, 0.5) is 4.39 Å². The fourth-order valence-corrected chi connectivity index (χ4v) is 2.54. The molecule has 0 heterocycles. The summed E-state index contributed by atoms with van der Waals surface area (Å²) in [6.07, 6.45) is 0.571. The van der Waals surface area contributed by atoms with Gasteiger partial charge in [0.2, 0.25) is 0 Å². The van der Waals surface area contributed by atoms with Crippen LogP contribution in [0.3, 0.4) is 0 Å². The number of hydrogen-bond donors (Lipinski definition) is 2. The third-order valence-corrected chi connectivity index (χ3v) is 3.95. The molecule has 0 saturated heterocycles. The summed E-state index contributed by atoms with van der Waals surface area (Å²) in [5.74, 6) is 5.42. The van der Waals surface area contributed by atoms with Crippen molar-refractivity contribution in [3.05, 3.63) is 63.9 Å². The van der Waals surface area contributed by atoms with E-state index in [1.165, 1.54) is 7.11 Å². The highest BCUT2D eigenvalue weighted by atomic mass is 79.9. The summed E-state index contributed by atoms with van der Waals surface area (Å²) in [6, 6.07) is 12.5. The van der Waals surface area contributed by atoms with E-state index in [2.05, 4.69) is 21.4 Å². The molecule has 1 atom stereocenters. The molecule has 0 fully saturated rings. The molecule has 3 N–H and O–H groups in total. The Morgan fingerprint density at radius 1 is 1.25 bits per heavy atom. The Labute approximate surface area is 126 Å². The summed E-state index contributed by atoms with van der Waals surface area (Å²) in [7, 11) is 1.45. The van der Waals surface area contributed by atoms with E-state index >= 15 is 0 Å². The molecule has 5 heteroatoms. The smallest absolute Gasteiger partial charge is 0.169 e. The van der Waals surface area contributed by atoms with E-state index in [9.17, 15) is 4.39 Å². The minimum Gasteiger partial charge on any atom is -0.494 e. The third kappa shape index (κ3) is 3.17. The van der Waals surface area contributed by atoms with Crippen molar-refractivity contribution in [3.63, 3.8) is 0 Å². The van der Waals surface area contributed by atoms with Gasteiger partial charge in [0, 0.05) is 10.0 Å². The van der Waals surface area contributed by atoms with Crippen LogP contribution in [-0.4, -0.2) is 7.11 Å². The average Bonchev–Trinajstić information content (AvgIpc) is 2.47. The highest BCUT2D eigenvalue weighted by Crippen LogP contribution is 2.28. The molecular weight excluding hydrogens is 323 g/mol. The first-order chi connectivity index (χ1) is 9.67. The van der Waals surface area contributed by atoms with Gasteiger partial charge in [-0.1, -0.05) is 46.3 Å². The lowest BCUT2D eigenvalue weighted by molar-refractivity contribution is 0.379. The van der Waals surface area contributed by atoms with Gasteiger partial charge in [-0.25, -0.2) is 4.39 Å². The van der Waals surface area contributed by atoms with Crippen molar-refractivity contribution in [2.45, 2.75) is 12.5 Å². The largest absolute Gasteiger partial charge is 0.494 e. The molecule has 0 spiro atoms. The number of ether oxygens (including phenoxy) is 1. The summed E-state index contributed by atoms with van der Waals surface area (Å²) in [5.41, 5.74) is 4.21. The molecule has 0 bridgehead atoms. The van der Waals surface area contributed by atoms with Crippen LogP contribution >= 0.6 is 15.9 Å². The van der Waals surface area contributed by atoms with Crippen molar-refractivity contribution in [1.29, 1.82) is 0 Å². The van der Waals surface area contributed by atoms with Crippen LogP contribution in [-0.2, 0) is 6.42 Å². The second-order valence-corrected chi connectivity index (χ2v) is 5.23. The second-order valence-electron chi connectivity index (χ2n) is 4.38. The Kier molecular flexibility index (Phi) is 5.11. The Morgan fingerprint density at radius 2 is 2.00 bits per heavy atom. The number of halogens is 2. The second kappa shape index (κ2) is 6.83. The van der Waals surface area contributed by atoms with Gasteiger partial charge >= 0.3 is 0 Å². The number of benzene rings is 2. The van der Waals surface area contributed by atoms with Crippen molar-refractivity contribution in [2.24, 2.45) is 5.84 Å². The van der Waals surface area contributed by atoms with E-state index in [1.807, 2.05) is 24.3 Å². The first-order valence-corrected chi connectivity index (χ1v) is 6.98. The molecule has 106 valence electrons. The predicted molar refractivity (Wildman–Crippen MR) is 80.9 cm³/mol. The molecular formula is C15H16BrFN2O. The lowest BCUT2D eigenvalue weighted by atomic mass is 9.98. The Hall–Kier alpha value is -1.43. The molecule has 20 heavy (non-hydrogen) atoms. The van der Waals surface area contributed by atoms with Crippen LogP contribution < -0.4 is 16.0 Å². The Morgan fingerprint density at radius 3 is 2.65 bits per heavy atom. The summed E-state index contributed by atoms with van der Waals surface area (Å²) in [6.45, 7) is 0. The number of hydrazine groups is 1. The molecule has 2 rings (SSSR count). The van der Waals surface area contributed by atoms with Crippen LogP contribution in [0, 0.1) is 5.82 Å². The number of hydrogen-bond acceptors (Lipinski definition) is 3. The van der Waals surface area contributed by atoms with E-state index in [0.29, 0.717) is 12.0 Å². The zero-order valence-corrected chi connectivity index (χ0v) is 12.7. The van der Waals surface area contributed by atoms with E-state index in [1.54, 1.807) is 18.2 Å². The predicted octanol–water partition coefficient (Wildman–Crippen LogP) is 3.34. The molecule has 1 unspecified atom stereocenters. The maximum absolute atomic E-state index is 14.3. The molecule has 2 aromatic rings. The maximum Gasteiger partial charge on any atom is 0.169 e. The molecule has 0 aromatic heterocycles. The topological polar surface area (TPSA) is 47.3 Å². The molecule has 0 aliphatic carbocycles. The van der Waals surface area contributed by atoms with Gasteiger partial charge in [-0.3, -0.25) is 11.3 Å². The monoisotopic (exact) mass is 338 g/mol. The van der Waals surface area contributed by atoms with Crippen molar-refractivity contribution >= 4 is 15.9 Å². The summed E-state index contributed by atoms with van der Waals surface area (Å²) >= 11 is 3.49. The van der Waals surface area contributed by atoms with Gasteiger partial charge < -0.3 is 4.74 Å². The molecule has 3 nitrogen and oxygen atoms in total. The standard InChI is InChI=1S/C15H16BrFN2O/c1-20-14-8-4-6-11(15(14)17)13(19-18)9-10-5-2-3-7-12(10)16/h2-8,13,19H,9,18H2,1H3. The van der Waals surface area contributed by atoms with E-state index in [0.717, 1.165) is 10.0 Å². The lowest BCUT2D eigenvalue weighted by Gasteiger charge is -2.19. The Bertz CT molecular complexity index is 592. The van der Waals surface area contributed by atoms with Crippen LogP contribution in [0.25, 0.3) is 0 Å². The van der Waals surface area contributed by atoms with Gasteiger partial charge in [0.05, 0.1) is 13.2 Å². The van der Waals surface area contributed by atoms with Crippen LogP contribution in [0.15, 0.2) is 46.9 Å². The minimum absolute atomic E-state index is 0.217. The van der Waals surface area contributed by atoms with Crippen LogP contribution in [0.5, 0.6) is 5.75 Å². The first-order valence-electron chi connectivity index (χ1n) is 6.19. The number of nitrogens with one attached hydrogen (secondary N) is 1. The zero-order chi connectivity index (χ0) is 14.5. The summed E-state index contributed by atoms with van der Waals surface area (Å²) in [4.78, 5) is 0. The summed E-state index contributed by atoms with van der Waals surface area (Å²) in [5, 5.41) is 0.